The Kier molecular flexibility index (Phi) is 6.13. The van der Waals surface area contributed by atoms with E-state index in [9.17, 15) is 9.90 Å². The number of amides is 1. The molecule has 1 aromatic carbocycles. The molecule has 1 saturated carbocycles. The molecule has 1 aliphatic heterocycles. The molecular weight excluding hydrogens is 312 g/mol. The lowest BCUT2D eigenvalue weighted by atomic mass is 9.90. The van der Waals surface area contributed by atoms with E-state index in [-0.39, 0.29) is 24.1 Å². The number of aliphatic hydroxyl groups is 1. The van der Waals surface area contributed by atoms with E-state index in [0.717, 1.165) is 58.0 Å². The van der Waals surface area contributed by atoms with E-state index in [2.05, 4.69) is 36.1 Å². The van der Waals surface area contributed by atoms with Crippen LogP contribution >= 0.6 is 0 Å². The molecule has 1 heterocycles. The second kappa shape index (κ2) is 8.33. The minimum Gasteiger partial charge on any atom is -0.391 e. The third kappa shape index (κ3) is 4.42. The van der Waals surface area contributed by atoms with Crippen molar-refractivity contribution in [2.24, 2.45) is 0 Å². The Morgan fingerprint density at radius 2 is 1.96 bits per heavy atom. The molecule has 1 aliphatic carbocycles. The summed E-state index contributed by atoms with van der Waals surface area (Å²) in [5, 5.41) is 10.3. The van der Waals surface area contributed by atoms with Gasteiger partial charge in [0.2, 0.25) is 5.91 Å². The highest BCUT2D eigenvalue weighted by Crippen LogP contribution is 2.26. The van der Waals surface area contributed by atoms with E-state index in [1.807, 2.05) is 11.9 Å². The molecule has 25 heavy (non-hydrogen) atoms. The van der Waals surface area contributed by atoms with Gasteiger partial charge in [0.05, 0.1) is 18.2 Å². The summed E-state index contributed by atoms with van der Waals surface area (Å²) in [4.78, 5) is 17.4. The number of likely N-dealkylation sites (tertiary alicyclic amines) is 1. The van der Waals surface area contributed by atoms with Crippen LogP contribution in [0.1, 0.15) is 56.1 Å². The maximum atomic E-state index is 13.2. The summed E-state index contributed by atoms with van der Waals surface area (Å²) in [7, 11) is 1.89. The first-order valence-corrected chi connectivity index (χ1v) is 9.80. The molecule has 4 heteroatoms. The van der Waals surface area contributed by atoms with Gasteiger partial charge in [-0.3, -0.25) is 9.69 Å². The molecule has 1 amide bonds. The first kappa shape index (κ1) is 18.4. The fraction of sp³-hybridized carbons (Fsp3) is 0.667. The van der Waals surface area contributed by atoms with Crippen LogP contribution in [0.3, 0.4) is 0 Å². The first-order valence-electron chi connectivity index (χ1n) is 9.80. The fourth-order valence-corrected chi connectivity index (χ4v) is 4.45. The van der Waals surface area contributed by atoms with Crippen molar-refractivity contribution in [3.8, 4) is 0 Å². The maximum Gasteiger partial charge on any atom is 0.240 e. The molecule has 0 radical (unpaired) electrons. The van der Waals surface area contributed by atoms with Crippen LogP contribution in [0.25, 0.3) is 0 Å². The van der Waals surface area contributed by atoms with Gasteiger partial charge in [-0.15, -0.1) is 0 Å². The summed E-state index contributed by atoms with van der Waals surface area (Å²) in [6, 6.07) is 8.51. The van der Waals surface area contributed by atoms with Gasteiger partial charge in [-0.2, -0.15) is 0 Å². The Balaban J connectivity index is 1.70. The average Bonchev–Trinajstić information content (AvgIpc) is 2.61. The Morgan fingerprint density at radius 1 is 1.20 bits per heavy atom. The third-order valence-electron chi connectivity index (χ3n) is 5.91. The predicted molar refractivity (Wildman–Crippen MR) is 100 cm³/mol. The van der Waals surface area contributed by atoms with Crippen LogP contribution in [0.4, 0.5) is 0 Å². The van der Waals surface area contributed by atoms with Crippen molar-refractivity contribution in [1.82, 2.24) is 9.80 Å². The lowest BCUT2D eigenvalue weighted by Gasteiger charge is -2.41. The molecule has 0 aromatic heterocycles. The topological polar surface area (TPSA) is 43.8 Å². The molecule has 138 valence electrons. The zero-order valence-corrected chi connectivity index (χ0v) is 15.7. The normalized spacial score (nSPS) is 27.9. The second-order valence-electron chi connectivity index (χ2n) is 7.84. The van der Waals surface area contributed by atoms with Gasteiger partial charge in [-0.05, 0) is 44.7 Å². The number of hydrogen-bond acceptors (Lipinski definition) is 3. The highest BCUT2D eigenvalue weighted by atomic mass is 16.3. The summed E-state index contributed by atoms with van der Waals surface area (Å²) in [5.74, 6) is 0.193. The van der Waals surface area contributed by atoms with Gasteiger partial charge in [0.25, 0.3) is 0 Å². The van der Waals surface area contributed by atoms with E-state index in [0.29, 0.717) is 0 Å². The van der Waals surface area contributed by atoms with Gasteiger partial charge >= 0.3 is 0 Å². The van der Waals surface area contributed by atoms with Crippen LogP contribution in [0.2, 0.25) is 0 Å². The first-order chi connectivity index (χ1) is 12.1. The van der Waals surface area contributed by atoms with Crippen molar-refractivity contribution in [1.29, 1.82) is 0 Å². The largest absolute Gasteiger partial charge is 0.391 e. The standard InChI is InChI=1S/C21H32N2O2/c1-16-8-7-9-17(14-16)15-23-13-6-5-11-19(23)21(25)22(2)18-10-3-4-12-20(18)24/h7-9,14,18-20,24H,3-6,10-13,15H2,1-2H3/t18-,19+,20-/m1/s1. The molecule has 2 fully saturated rings. The molecule has 2 aliphatic rings. The molecule has 0 spiro atoms. The Hall–Kier alpha value is -1.39. The van der Waals surface area contributed by atoms with E-state index < -0.39 is 0 Å². The fourth-order valence-electron chi connectivity index (χ4n) is 4.45. The van der Waals surface area contributed by atoms with Crippen LogP contribution in [0, 0.1) is 6.92 Å². The van der Waals surface area contributed by atoms with E-state index in [1.54, 1.807) is 0 Å². The number of benzene rings is 1. The molecule has 1 N–H and O–H groups in total. The smallest absolute Gasteiger partial charge is 0.240 e. The number of carbonyl (C=O) groups excluding carboxylic acids is 1. The zero-order valence-electron chi connectivity index (χ0n) is 15.7. The van der Waals surface area contributed by atoms with Crippen molar-refractivity contribution in [2.45, 2.75) is 76.6 Å². The molecular formula is C21H32N2O2. The Morgan fingerprint density at radius 3 is 2.72 bits per heavy atom. The van der Waals surface area contributed by atoms with Crippen LogP contribution in [-0.4, -0.2) is 52.6 Å². The number of likely N-dealkylation sites (N-methyl/N-ethyl adjacent to an activating group) is 1. The average molecular weight is 344 g/mol. The minimum atomic E-state index is -0.364. The SMILES string of the molecule is Cc1cccc(CN2CCCC[C@H]2C(=O)N(C)[C@@H]2CCCC[C@H]2O)c1. The quantitative estimate of drug-likeness (QED) is 0.913. The molecule has 1 aromatic rings. The lowest BCUT2D eigenvalue weighted by molar-refractivity contribution is -0.142. The van der Waals surface area contributed by atoms with Crippen molar-refractivity contribution >= 4 is 5.91 Å². The molecule has 0 bridgehead atoms. The highest BCUT2D eigenvalue weighted by molar-refractivity contribution is 5.82. The molecule has 0 unspecified atom stereocenters. The number of aliphatic hydroxyl groups excluding tert-OH is 1. The lowest BCUT2D eigenvalue weighted by Crippen LogP contribution is -2.54. The molecule has 4 nitrogen and oxygen atoms in total. The van der Waals surface area contributed by atoms with Crippen molar-refractivity contribution < 1.29 is 9.90 Å². The summed E-state index contributed by atoms with van der Waals surface area (Å²) in [5.41, 5.74) is 2.54. The van der Waals surface area contributed by atoms with Gasteiger partial charge < -0.3 is 10.0 Å². The van der Waals surface area contributed by atoms with Gasteiger partial charge in [-0.25, -0.2) is 0 Å². The van der Waals surface area contributed by atoms with Gasteiger partial charge in [0.1, 0.15) is 0 Å². The number of rotatable bonds is 4. The van der Waals surface area contributed by atoms with Crippen LogP contribution in [0.5, 0.6) is 0 Å². The molecule has 3 atom stereocenters. The number of nitrogens with zero attached hydrogens (tertiary/aromatic N) is 2. The number of piperidine rings is 1. The number of carbonyl (C=O) groups is 1. The summed E-state index contributed by atoms with van der Waals surface area (Å²) < 4.78 is 0. The minimum absolute atomic E-state index is 0.0102. The number of hydrogen-bond donors (Lipinski definition) is 1. The summed E-state index contributed by atoms with van der Waals surface area (Å²) in [6.07, 6.45) is 6.76. The zero-order chi connectivity index (χ0) is 17.8. The van der Waals surface area contributed by atoms with Crippen molar-refractivity contribution in [3.63, 3.8) is 0 Å². The van der Waals surface area contributed by atoms with Gasteiger partial charge in [0, 0.05) is 13.6 Å². The second-order valence-corrected chi connectivity index (χ2v) is 7.84. The summed E-state index contributed by atoms with van der Waals surface area (Å²) >= 11 is 0. The molecule has 1 saturated heterocycles. The van der Waals surface area contributed by atoms with Crippen molar-refractivity contribution in [3.05, 3.63) is 35.4 Å². The Labute approximate surface area is 151 Å². The van der Waals surface area contributed by atoms with Crippen LogP contribution in [-0.2, 0) is 11.3 Å². The van der Waals surface area contributed by atoms with E-state index in [4.69, 9.17) is 0 Å². The van der Waals surface area contributed by atoms with E-state index >= 15 is 0 Å². The van der Waals surface area contributed by atoms with Crippen LogP contribution in [0.15, 0.2) is 24.3 Å². The number of aryl methyl sites for hydroxylation is 1. The monoisotopic (exact) mass is 344 g/mol. The molecule has 3 rings (SSSR count). The van der Waals surface area contributed by atoms with Gasteiger partial charge in [-0.1, -0.05) is 49.1 Å². The summed E-state index contributed by atoms with van der Waals surface area (Å²) in [6.45, 7) is 3.92. The highest BCUT2D eigenvalue weighted by Gasteiger charge is 2.36. The maximum absolute atomic E-state index is 13.2. The van der Waals surface area contributed by atoms with E-state index in [1.165, 1.54) is 11.1 Å². The van der Waals surface area contributed by atoms with Crippen LogP contribution < -0.4 is 0 Å². The van der Waals surface area contributed by atoms with Gasteiger partial charge in [0.15, 0.2) is 0 Å². The predicted octanol–water partition coefficient (Wildman–Crippen LogP) is 3.11. The van der Waals surface area contributed by atoms with Crippen molar-refractivity contribution in [2.75, 3.05) is 13.6 Å². The third-order valence-corrected chi connectivity index (χ3v) is 5.91. The Bertz CT molecular complexity index is 589.